The van der Waals surface area contributed by atoms with Gasteiger partial charge in [-0.25, -0.2) is 0 Å². The third kappa shape index (κ3) is 3.31. The summed E-state index contributed by atoms with van der Waals surface area (Å²) in [6.45, 7) is 2.49. The Hall–Kier alpha value is -0.900. The molecule has 1 aromatic carbocycles. The van der Waals surface area contributed by atoms with Crippen molar-refractivity contribution in [1.29, 1.82) is 0 Å². The molecular formula is C15H21NO2. The molecule has 98 valence electrons. The molecule has 0 amide bonds. The van der Waals surface area contributed by atoms with Crippen molar-refractivity contribution < 1.29 is 9.47 Å². The van der Waals surface area contributed by atoms with Crippen LogP contribution >= 0.6 is 0 Å². The minimum atomic E-state index is 0.151. The second-order valence-corrected chi connectivity index (χ2v) is 5.20. The molecular weight excluding hydrogens is 226 g/mol. The zero-order valence-electron chi connectivity index (χ0n) is 10.7. The van der Waals surface area contributed by atoms with Gasteiger partial charge in [0.05, 0.1) is 18.8 Å². The van der Waals surface area contributed by atoms with Crippen LogP contribution in [0.2, 0.25) is 0 Å². The Morgan fingerprint density at radius 3 is 2.72 bits per heavy atom. The summed E-state index contributed by atoms with van der Waals surface area (Å²) in [6.07, 6.45) is 4.06. The first-order valence-corrected chi connectivity index (χ1v) is 6.93. The highest BCUT2D eigenvalue weighted by Crippen LogP contribution is 2.24. The molecule has 1 heterocycles. The van der Waals surface area contributed by atoms with Crippen LogP contribution in [0.1, 0.15) is 30.9 Å². The lowest BCUT2D eigenvalue weighted by atomic mass is 10.1. The van der Waals surface area contributed by atoms with Gasteiger partial charge in [-0.3, -0.25) is 0 Å². The number of hydrogen-bond acceptors (Lipinski definition) is 3. The van der Waals surface area contributed by atoms with Crippen LogP contribution in [0.25, 0.3) is 0 Å². The van der Waals surface area contributed by atoms with E-state index in [2.05, 4.69) is 29.6 Å². The molecule has 2 fully saturated rings. The summed E-state index contributed by atoms with van der Waals surface area (Å²) in [6, 6.07) is 11.2. The van der Waals surface area contributed by atoms with Gasteiger partial charge in [0.1, 0.15) is 0 Å². The fraction of sp³-hybridized carbons (Fsp3) is 0.600. The Bertz CT molecular complexity index is 358. The van der Waals surface area contributed by atoms with Gasteiger partial charge in [0, 0.05) is 19.2 Å². The van der Waals surface area contributed by atoms with Crippen LogP contribution in [0.5, 0.6) is 0 Å². The molecule has 0 spiro atoms. The lowest BCUT2D eigenvalue weighted by Gasteiger charge is -2.22. The highest BCUT2D eigenvalue weighted by atomic mass is 16.6. The fourth-order valence-electron chi connectivity index (χ4n) is 2.33. The van der Waals surface area contributed by atoms with Crippen molar-refractivity contribution in [2.24, 2.45) is 0 Å². The normalized spacial score (nSPS) is 25.2. The van der Waals surface area contributed by atoms with E-state index in [0.717, 1.165) is 32.2 Å². The first-order chi connectivity index (χ1) is 8.92. The molecule has 1 saturated heterocycles. The average molecular weight is 247 g/mol. The molecule has 3 rings (SSSR count). The van der Waals surface area contributed by atoms with Crippen LogP contribution < -0.4 is 5.32 Å². The van der Waals surface area contributed by atoms with E-state index in [1.807, 2.05) is 6.07 Å². The van der Waals surface area contributed by atoms with E-state index in [1.54, 1.807) is 0 Å². The lowest BCUT2D eigenvalue weighted by molar-refractivity contribution is -0.0166. The maximum absolute atomic E-state index is 6.19. The van der Waals surface area contributed by atoms with Crippen LogP contribution in [0.15, 0.2) is 30.3 Å². The molecule has 2 unspecified atom stereocenters. The number of rotatable bonds is 6. The molecule has 0 radical (unpaired) electrons. The molecule has 1 N–H and O–H groups in total. The number of ether oxygens (including phenoxy) is 2. The van der Waals surface area contributed by atoms with Gasteiger partial charge in [-0.05, 0) is 24.8 Å². The molecule has 3 heteroatoms. The summed E-state index contributed by atoms with van der Waals surface area (Å²) >= 11 is 0. The van der Waals surface area contributed by atoms with E-state index in [9.17, 15) is 0 Å². The predicted octanol–water partition coefficient (Wildman–Crippen LogP) is 2.29. The molecule has 0 aromatic heterocycles. The van der Waals surface area contributed by atoms with Crippen molar-refractivity contribution in [3.05, 3.63) is 35.9 Å². The molecule has 1 aliphatic carbocycles. The molecule has 2 atom stereocenters. The maximum Gasteiger partial charge on any atom is 0.0954 e. The summed E-state index contributed by atoms with van der Waals surface area (Å²) in [7, 11) is 0. The highest BCUT2D eigenvalue weighted by molar-refractivity contribution is 5.18. The minimum Gasteiger partial charge on any atom is -0.379 e. The van der Waals surface area contributed by atoms with Gasteiger partial charge >= 0.3 is 0 Å². The third-order valence-corrected chi connectivity index (χ3v) is 3.59. The second-order valence-electron chi connectivity index (χ2n) is 5.20. The smallest absolute Gasteiger partial charge is 0.0954 e. The summed E-state index contributed by atoms with van der Waals surface area (Å²) in [5.41, 5.74) is 1.26. The first-order valence-electron chi connectivity index (χ1n) is 6.93. The average Bonchev–Trinajstić information content (AvgIpc) is 3.11. The van der Waals surface area contributed by atoms with Gasteiger partial charge < -0.3 is 14.8 Å². The van der Waals surface area contributed by atoms with E-state index < -0.39 is 0 Å². The summed E-state index contributed by atoms with van der Waals surface area (Å²) < 4.78 is 11.6. The van der Waals surface area contributed by atoms with Gasteiger partial charge in [0.2, 0.25) is 0 Å². The van der Waals surface area contributed by atoms with Crippen molar-refractivity contribution in [3.63, 3.8) is 0 Å². The molecule has 1 saturated carbocycles. The standard InChI is InChI=1S/C15H21NO2/c1-2-4-12(5-3-1)15(10-16-13-6-7-13)18-14-8-9-17-11-14/h1-5,13-16H,6-11H2. The molecule has 1 aromatic rings. The topological polar surface area (TPSA) is 30.5 Å². The minimum absolute atomic E-state index is 0.151. The van der Waals surface area contributed by atoms with Crippen molar-refractivity contribution in [2.45, 2.75) is 37.5 Å². The lowest BCUT2D eigenvalue weighted by Crippen LogP contribution is -2.28. The second kappa shape index (κ2) is 5.83. The largest absolute Gasteiger partial charge is 0.379 e. The number of nitrogens with one attached hydrogen (secondary N) is 1. The van der Waals surface area contributed by atoms with Gasteiger partial charge in [-0.2, -0.15) is 0 Å². The van der Waals surface area contributed by atoms with E-state index in [0.29, 0.717) is 0 Å². The Kier molecular flexibility index (Phi) is 3.93. The van der Waals surface area contributed by atoms with Crippen molar-refractivity contribution >= 4 is 0 Å². The van der Waals surface area contributed by atoms with Gasteiger partial charge in [-0.15, -0.1) is 0 Å². The van der Waals surface area contributed by atoms with Gasteiger partial charge in [0.25, 0.3) is 0 Å². The maximum atomic E-state index is 6.19. The van der Waals surface area contributed by atoms with E-state index in [-0.39, 0.29) is 12.2 Å². The predicted molar refractivity (Wildman–Crippen MR) is 70.5 cm³/mol. The third-order valence-electron chi connectivity index (χ3n) is 3.59. The molecule has 1 aliphatic heterocycles. The van der Waals surface area contributed by atoms with E-state index >= 15 is 0 Å². The Morgan fingerprint density at radius 2 is 2.06 bits per heavy atom. The Morgan fingerprint density at radius 1 is 1.22 bits per heavy atom. The quantitative estimate of drug-likeness (QED) is 0.836. The Labute approximate surface area is 108 Å². The zero-order chi connectivity index (χ0) is 12.2. The van der Waals surface area contributed by atoms with Crippen LogP contribution in [0.4, 0.5) is 0 Å². The monoisotopic (exact) mass is 247 g/mol. The highest BCUT2D eigenvalue weighted by Gasteiger charge is 2.25. The van der Waals surface area contributed by atoms with Crippen LogP contribution in [0, 0.1) is 0 Å². The van der Waals surface area contributed by atoms with Gasteiger partial charge in [0.15, 0.2) is 0 Å². The SMILES string of the molecule is c1ccc(C(CNC2CC2)OC2CCOC2)cc1. The molecule has 0 bridgehead atoms. The molecule has 2 aliphatic rings. The number of benzene rings is 1. The summed E-state index contributed by atoms with van der Waals surface area (Å²) in [5, 5.41) is 3.56. The number of hydrogen-bond donors (Lipinski definition) is 1. The van der Waals surface area contributed by atoms with Crippen LogP contribution in [-0.4, -0.2) is 31.9 Å². The zero-order valence-corrected chi connectivity index (χ0v) is 10.7. The van der Waals surface area contributed by atoms with Crippen LogP contribution in [0.3, 0.4) is 0 Å². The van der Waals surface area contributed by atoms with Crippen molar-refractivity contribution in [3.8, 4) is 0 Å². The Balaban J connectivity index is 1.61. The summed E-state index contributed by atoms with van der Waals surface area (Å²) in [5.74, 6) is 0. The fourth-order valence-corrected chi connectivity index (χ4v) is 2.33. The molecule has 18 heavy (non-hydrogen) atoms. The van der Waals surface area contributed by atoms with Gasteiger partial charge in [-0.1, -0.05) is 30.3 Å². The van der Waals surface area contributed by atoms with Crippen LogP contribution in [-0.2, 0) is 9.47 Å². The van der Waals surface area contributed by atoms with E-state index in [1.165, 1.54) is 18.4 Å². The first kappa shape index (κ1) is 12.2. The van der Waals surface area contributed by atoms with Crippen molar-refractivity contribution in [2.75, 3.05) is 19.8 Å². The molecule has 3 nitrogen and oxygen atoms in total. The van der Waals surface area contributed by atoms with Crippen molar-refractivity contribution in [1.82, 2.24) is 5.32 Å². The summed E-state index contributed by atoms with van der Waals surface area (Å²) in [4.78, 5) is 0. The van der Waals surface area contributed by atoms with E-state index in [4.69, 9.17) is 9.47 Å².